The van der Waals surface area contributed by atoms with Crippen LogP contribution in [0.15, 0.2) is 53.1 Å². The van der Waals surface area contributed by atoms with E-state index >= 15 is 0 Å². The Morgan fingerprint density at radius 2 is 1.87 bits per heavy atom. The summed E-state index contributed by atoms with van der Waals surface area (Å²) in [5, 5.41) is 18.9. The van der Waals surface area contributed by atoms with E-state index in [1.807, 2.05) is 24.3 Å². The Kier molecular flexibility index (Phi) is 7.58. The van der Waals surface area contributed by atoms with Crippen molar-refractivity contribution in [2.45, 2.75) is 19.3 Å². The Hall–Kier alpha value is -3.88. The van der Waals surface area contributed by atoms with E-state index in [0.29, 0.717) is 43.2 Å². The molecule has 0 spiro atoms. The lowest BCUT2D eigenvalue weighted by atomic mass is 10.2. The lowest BCUT2D eigenvalue weighted by Gasteiger charge is -2.07. The van der Waals surface area contributed by atoms with Crippen molar-refractivity contribution in [2.75, 3.05) is 20.2 Å². The minimum absolute atomic E-state index is 0.0391. The number of methoxy groups -OCH3 is 1. The number of hydrogen-bond donors (Lipinski definition) is 3. The molecule has 31 heavy (non-hydrogen) atoms. The fourth-order valence-corrected chi connectivity index (χ4v) is 2.79. The predicted octanol–water partition coefficient (Wildman–Crippen LogP) is 2.32. The van der Waals surface area contributed by atoms with Gasteiger partial charge < -0.3 is 25.0 Å². The van der Waals surface area contributed by atoms with Gasteiger partial charge in [0.05, 0.1) is 7.11 Å². The summed E-state index contributed by atoms with van der Waals surface area (Å²) in [4.78, 5) is 28.2. The molecule has 0 atom stereocenters. The van der Waals surface area contributed by atoms with E-state index in [0.717, 1.165) is 11.3 Å². The highest BCUT2D eigenvalue weighted by Gasteiger charge is 2.11. The molecular formula is C22H24N4O5. The Bertz CT molecular complexity index is 1020. The highest BCUT2D eigenvalue weighted by molar-refractivity contribution is 5.94. The quantitative estimate of drug-likeness (QED) is 0.426. The van der Waals surface area contributed by atoms with Gasteiger partial charge in [-0.2, -0.15) is 4.98 Å². The number of carbonyl (C=O) groups excluding carboxylic acids is 2. The second kappa shape index (κ2) is 10.8. The molecule has 3 rings (SSSR count). The molecule has 0 saturated heterocycles. The molecule has 0 aliphatic rings. The molecule has 2 amide bonds. The van der Waals surface area contributed by atoms with Crippen LogP contribution < -0.4 is 15.4 Å². The molecule has 1 heterocycles. The molecule has 0 aliphatic carbocycles. The third-order valence-electron chi connectivity index (χ3n) is 4.45. The first-order valence-electron chi connectivity index (χ1n) is 9.86. The van der Waals surface area contributed by atoms with Crippen molar-refractivity contribution in [3.63, 3.8) is 0 Å². The summed E-state index contributed by atoms with van der Waals surface area (Å²) in [5.74, 6) is 1.22. The second-order valence-corrected chi connectivity index (χ2v) is 6.75. The topological polar surface area (TPSA) is 127 Å². The number of carbonyl (C=O) groups is 2. The van der Waals surface area contributed by atoms with Crippen LogP contribution in [0, 0.1) is 0 Å². The van der Waals surface area contributed by atoms with Gasteiger partial charge in [-0.15, -0.1) is 0 Å². The summed E-state index contributed by atoms with van der Waals surface area (Å²) in [6.45, 7) is 0.837. The summed E-state index contributed by atoms with van der Waals surface area (Å²) in [7, 11) is 1.60. The maximum Gasteiger partial charge on any atom is 0.251 e. The number of phenols is 1. The molecule has 1 aromatic heterocycles. The highest BCUT2D eigenvalue weighted by Crippen LogP contribution is 2.20. The van der Waals surface area contributed by atoms with Gasteiger partial charge in [0, 0.05) is 37.1 Å². The largest absolute Gasteiger partial charge is 0.508 e. The van der Waals surface area contributed by atoms with Crippen molar-refractivity contribution >= 4 is 11.8 Å². The average molecular weight is 424 g/mol. The molecule has 3 N–H and O–H groups in total. The first kappa shape index (κ1) is 21.8. The van der Waals surface area contributed by atoms with Gasteiger partial charge in [-0.25, -0.2) is 0 Å². The lowest BCUT2D eigenvalue weighted by molar-refractivity contribution is -0.121. The summed E-state index contributed by atoms with van der Waals surface area (Å²) in [5.41, 5.74) is 1.19. The normalized spacial score (nSPS) is 10.5. The molecule has 0 radical (unpaired) electrons. The van der Waals surface area contributed by atoms with Crippen LogP contribution in [0.25, 0.3) is 11.4 Å². The maximum absolute atomic E-state index is 12.0. The monoisotopic (exact) mass is 424 g/mol. The van der Waals surface area contributed by atoms with E-state index in [4.69, 9.17) is 9.26 Å². The van der Waals surface area contributed by atoms with Crippen LogP contribution in [0.1, 0.15) is 29.1 Å². The third kappa shape index (κ3) is 6.56. The zero-order valence-corrected chi connectivity index (χ0v) is 17.1. The Morgan fingerprint density at radius 1 is 1.10 bits per heavy atom. The van der Waals surface area contributed by atoms with Crippen LogP contribution in [0.3, 0.4) is 0 Å². The maximum atomic E-state index is 12.0. The average Bonchev–Trinajstić information content (AvgIpc) is 3.26. The van der Waals surface area contributed by atoms with Gasteiger partial charge in [0.25, 0.3) is 5.91 Å². The first-order chi connectivity index (χ1) is 15.0. The number of rotatable bonds is 10. The molecular weight excluding hydrogens is 400 g/mol. The predicted molar refractivity (Wildman–Crippen MR) is 113 cm³/mol. The number of ether oxygens (including phenoxy) is 1. The van der Waals surface area contributed by atoms with E-state index in [-0.39, 0.29) is 24.0 Å². The minimum Gasteiger partial charge on any atom is -0.508 e. The number of amides is 2. The zero-order chi connectivity index (χ0) is 22.1. The number of nitrogens with zero attached hydrogens (tertiary/aromatic N) is 2. The number of nitrogens with one attached hydrogen (secondary N) is 2. The van der Waals surface area contributed by atoms with Crippen molar-refractivity contribution < 1.29 is 24.0 Å². The lowest BCUT2D eigenvalue weighted by Crippen LogP contribution is -2.30. The fraction of sp³-hybridized carbons (Fsp3) is 0.273. The van der Waals surface area contributed by atoms with Crippen molar-refractivity contribution in [1.82, 2.24) is 20.8 Å². The molecule has 0 bridgehead atoms. The smallest absolute Gasteiger partial charge is 0.251 e. The number of phenolic OH excluding ortho intramolecular Hbond substituents is 1. The fourth-order valence-electron chi connectivity index (χ4n) is 2.79. The Balaban J connectivity index is 1.33. The van der Waals surface area contributed by atoms with Crippen LogP contribution in [0.4, 0.5) is 0 Å². The van der Waals surface area contributed by atoms with E-state index in [1.165, 1.54) is 12.1 Å². The number of aromatic nitrogens is 2. The number of hydrogen-bond acceptors (Lipinski definition) is 7. The first-order valence-corrected chi connectivity index (χ1v) is 9.86. The van der Waals surface area contributed by atoms with Crippen LogP contribution in [-0.4, -0.2) is 47.3 Å². The number of aromatic hydroxyl groups is 1. The summed E-state index contributed by atoms with van der Waals surface area (Å²) < 4.78 is 10.3. The number of aryl methyl sites for hydroxylation is 1. The molecule has 0 aliphatic heterocycles. The van der Waals surface area contributed by atoms with Crippen LogP contribution in [-0.2, 0) is 11.2 Å². The van der Waals surface area contributed by atoms with Gasteiger partial charge in [-0.3, -0.25) is 9.59 Å². The Morgan fingerprint density at radius 3 is 2.61 bits per heavy atom. The van der Waals surface area contributed by atoms with Crippen molar-refractivity contribution in [2.24, 2.45) is 0 Å². The molecule has 0 unspecified atom stereocenters. The van der Waals surface area contributed by atoms with Gasteiger partial charge in [-0.1, -0.05) is 11.2 Å². The van der Waals surface area contributed by atoms with Gasteiger partial charge in [0.2, 0.25) is 17.6 Å². The molecule has 2 aromatic carbocycles. The molecule has 9 heteroatoms. The highest BCUT2D eigenvalue weighted by atomic mass is 16.5. The van der Waals surface area contributed by atoms with Crippen molar-refractivity contribution in [3.05, 3.63) is 60.0 Å². The molecule has 3 aromatic rings. The third-order valence-corrected chi connectivity index (χ3v) is 4.45. The summed E-state index contributed by atoms with van der Waals surface area (Å²) in [6, 6.07) is 13.4. The van der Waals surface area contributed by atoms with Crippen molar-refractivity contribution in [3.8, 4) is 22.9 Å². The van der Waals surface area contributed by atoms with Crippen LogP contribution in [0.2, 0.25) is 0 Å². The molecule has 0 saturated carbocycles. The van der Waals surface area contributed by atoms with Gasteiger partial charge in [0.1, 0.15) is 11.5 Å². The molecule has 9 nitrogen and oxygen atoms in total. The van der Waals surface area contributed by atoms with Crippen molar-refractivity contribution in [1.29, 1.82) is 0 Å². The van der Waals surface area contributed by atoms with Gasteiger partial charge >= 0.3 is 0 Å². The molecule has 162 valence electrons. The van der Waals surface area contributed by atoms with Crippen LogP contribution in [0.5, 0.6) is 11.5 Å². The van der Waals surface area contributed by atoms with Gasteiger partial charge in [-0.05, 0) is 48.9 Å². The van der Waals surface area contributed by atoms with E-state index in [9.17, 15) is 14.7 Å². The molecule has 0 fully saturated rings. The zero-order valence-electron chi connectivity index (χ0n) is 17.1. The van der Waals surface area contributed by atoms with Gasteiger partial charge in [0.15, 0.2) is 0 Å². The Labute approximate surface area is 179 Å². The summed E-state index contributed by atoms with van der Waals surface area (Å²) in [6.07, 6.45) is 1.14. The van der Waals surface area contributed by atoms with E-state index in [2.05, 4.69) is 20.8 Å². The minimum atomic E-state index is -0.272. The number of benzene rings is 2. The summed E-state index contributed by atoms with van der Waals surface area (Å²) >= 11 is 0. The van der Waals surface area contributed by atoms with E-state index < -0.39 is 0 Å². The standard InChI is InChI=1S/C22H24N4O5/c1-30-18-8-6-15(7-9-18)21-25-20(31-26-21)11-10-19(28)23-12-3-13-24-22(29)16-4-2-5-17(27)14-16/h2,4-9,14,27H,3,10-13H2,1H3,(H,23,28)(H,24,29). The SMILES string of the molecule is COc1ccc(-c2noc(CCC(=O)NCCCNC(=O)c3cccc(O)c3)n2)cc1. The van der Waals surface area contributed by atoms with E-state index in [1.54, 1.807) is 19.2 Å². The second-order valence-electron chi connectivity index (χ2n) is 6.75. The van der Waals surface area contributed by atoms with Crippen LogP contribution >= 0.6 is 0 Å².